The van der Waals surface area contributed by atoms with Gasteiger partial charge in [0.05, 0.1) is 5.69 Å². The second-order valence-electron chi connectivity index (χ2n) is 3.95. The van der Waals surface area contributed by atoms with Crippen LogP contribution in [-0.4, -0.2) is 21.8 Å². The predicted molar refractivity (Wildman–Crippen MR) is 75.7 cm³/mol. The lowest BCUT2D eigenvalue weighted by molar-refractivity contribution is 0.477. The molecule has 0 unspecified atom stereocenters. The molecule has 18 heavy (non-hydrogen) atoms. The first-order chi connectivity index (χ1) is 8.61. The van der Waals surface area contributed by atoms with Gasteiger partial charge in [-0.15, -0.1) is 10.2 Å². The molecule has 0 fully saturated rings. The quantitative estimate of drug-likeness (QED) is 0.913. The SMILES string of the molecule is CCNc1cc(C)c(-c2cc(Br)ccc2O)nn1. The Bertz CT molecular complexity index is 572. The van der Waals surface area contributed by atoms with Gasteiger partial charge in [0.25, 0.3) is 0 Å². The van der Waals surface area contributed by atoms with Crippen molar-refractivity contribution in [3.63, 3.8) is 0 Å². The molecule has 1 aromatic carbocycles. The first-order valence-electron chi connectivity index (χ1n) is 5.69. The topological polar surface area (TPSA) is 58.0 Å². The molecular weight excluding hydrogens is 294 g/mol. The molecule has 0 atom stereocenters. The number of nitrogens with one attached hydrogen (secondary N) is 1. The van der Waals surface area contributed by atoms with Crippen LogP contribution in [0.3, 0.4) is 0 Å². The first-order valence-corrected chi connectivity index (χ1v) is 6.48. The fraction of sp³-hybridized carbons (Fsp3) is 0.231. The lowest BCUT2D eigenvalue weighted by Gasteiger charge is -2.09. The summed E-state index contributed by atoms with van der Waals surface area (Å²) in [5.41, 5.74) is 2.34. The van der Waals surface area contributed by atoms with E-state index in [1.54, 1.807) is 12.1 Å². The minimum Gasteiger partial charge on any atom is -0.507 e. The number of aryl methyl sites for hydroxylation is 1. The summed E-state index contributed by atoms with van der Waals surface area (Å²) >= 11 is 3.39. The van der Waals surface area contributed by atoms with E-state index in [2.05, 4.69) is 31.4 Å². The van der Waals surface area contributed by atoms with Gasteiger partial charge in [0.2, 0.25) is 0 Å². The molecule has 4 nitrogen and oxygen atoms in total. The summed E-state index contributed by atoms with van der Waals surface area (Å²) in [5, 5.41) is 21.3. The maximum atomic E-state index is 9.88. The van der Waals surface area contributed by atoms with E-state index in [0.29, 0.717) is 11.3 Å². The molecule has 94 valence electrons. The standard InChI is InChI=1S/C13H14BrN3O/c1-3-15-12-6-8(2)13(17-16-12)10-7-9(14)4-5-11(10)18/h4-7,18H,3H2,1-2H3,(H,15,16). The van der Waals surface area contributed by atoms with Crippen LogP contribution in [-0.2, 0) is 0 Å². The average molecular weight is 308 g/mol. The zero-order chi connectivity index (χ0) is 13.1. The van der Waals surface area contributed by atoms with E-state index in [1.807, 2.05) is 26.0 Å². The van der Waals surface area contributed by atoms with E-state index >= 15 is 0 Å². The Labute approximate surface area is 114 Å². The highest BCUT2D eigenvalue weighted by atomic mass is 79.9. The van der Waals surface area contributed by atoms with E-state index < -0.39 is 0 Å². The van der Waals surface area contributed by atoms with Crippen molar-refractivity contribution in [2.45, 2.75) is 13.8 Å². The highest BCUT2D eigenvalue weighted by molar-refractivity contribution is 9.10. The molecule has 2 aromatic rings. The summed E-state index contributed by atoms with van der Waals surface area (Å²) in [6.07, 6.45) is 0. The molecular formula is C13H14BrN3O. The largest absolute Gasteiger partial charge is 0.507 e. The van der Waals surface area contributed by atoms with Gasteiger partial charge in [0, 0.05) is 16.6 Å². The molecule has 0 aliphatic carbocycles. The summed E-state index contributed by atoms with van der Waals surface area (Å²) in [7, 11) is 0. The molecule has 0 aliphatic rings. The minimum atomic E-state index is 0.201. The average Bonchev–Trinajstić information content (AvgIpc) is 2.33. The van der Waals surface area contributed by atoms with Gasteiger partial charge in [-0.1, -0.05) is 15.9 Å². The van der Waals surface area contributed by atoms with Crippen molar-refractivity contribution in [2.24, 2.45) is 0 Å². The van der Waals surface area contributed by atoms with Crippen LogP contribution in [0.2, 0.25) is 0 Å². The summed E-state index contributed by atoms with van der Waals surface area (Å²) < 4.78 is 0.896. The van der Waals surface area contributed by atoms with Crippen molar-refractivity contribution in [1.82, 2.24) is 10.2 Å². The maximum absolute atomic E-state index is 9.88. The van der Waals surface area contributed by atoms with Gasteiger partial charge in [-0.2, -0.15) is 0 Å². The molecule has 0 saturated heterocycles. The molecule has 5 heteroatoms. The van der Waals surface area contributed by atoms with Crippen molar-refractivity contribution in [1.29, 1.82) is 0 Å². The molecule has 0 saturated carbocycles. The van der Waals surface area contributed by atoms with E-state index in [0.717, 1.165) is 22.4 Å². The Morgan fingerprint density at radius 2 is 2.06 bits per heavy atom. The van der Waals surface area contributed by atoms with E-state index in [4.69, 9.17) is 0 Å². The zero-order valence-electron chi connectivity index (χ0n) is 10.2. The van der Waals surface area contributed by atoms with Crippen molar-refractivity contribution < 1.29 is 5.11 Å². The summed E-state index contributed by atoms with van der Waals surface area (Å²) in [6.45, 7) is 4.76. The second kappa shape index (κ2) is 5.35. The summed E-state index contributed by atoms with van der Waals surface area (Å²) in [4.78, 5) is 0. The first kappa shape index (κ1) is 12.8. The van der Waals surface area contributed by atoms with Crippen LogP contribution in [0.5, 0.6) is 5.75 Å². The molecule has 2 rings (SSSR count). The van der Waals surface area contributed by atoms with Gasteiger partial charge in [0.15, 0.2) is 0 Å². The number of phenolic OH excluding ortho intramolecular Hbond substituents is 1. The number of benzene rings is 1. The Kier molecular flexibility index (Phi) is 3.81. The number of anilines is 1. The van der Waals surface area contributed by atoms with Crippen molar-refractivity contribution in [3.05, 3.63) is 34.3 Å². The molecule has 0 spiro atoms. The third-order valence-corrected chi connectivity index (χ3v) is 3.05. The number of aromatic hydroxyl groups is 1. The van der Waals surface area contributed by atoms with Crippen molar-refractivity contribution in [2.75, 3.05) is 11.9 Å². The zero-order valence-corrected chi connectivity index (χ0v) is 11.8. The second-order valence-corrected chi connectivity index (χ2v) is 4.87. The van der Waals surface area contributed by atoms with Gasteiger partial charge in [-0.3, -0.25) is 0 Å². The summed E-state index contributed by atoms with van der Waals surface area (Å²) in [5.74, 6) is 0.944. The molecule has 0 bridgehead atoms. The fourth-order valence-electron chi connectivity index (χ4n) is 1.72. The molecule has 2 N–H and O–H groups in total. The number of rotatable bonds is 3. The van der Waals surface area contributed by atoms with Crippen LogP contribution in [0.4, 0.5) is 5.82 Å². The van der Waals surface area contributed by atoms with Gasteiger partial charge in [-0.05, 0) is 43.7 Å². The molecule has 0 aliphatic heterocycles. The van der Waals surface area contributed by atoms with Crippen molar-refractivity contribution in [3.8, 4) is 17.0 Å². The number of nitrogens with zero attached hydrogens (tertiary/aromatic N) is 2. The number of hydrogen-bond donors (Lipinski definition) is 2. The normalized spacial score (nSPS) is 10.4. The van der Waals surface area contributed by atoms with Gasteiger partial charge in [-0.25, -0.2) is 0 Å². The highest BCUT2D eigenvalue weighted by Crippen LogP contribution is 2.32. The lowest BCUT2D eigenvalue weighted by atomic mass is 10.1. The summed E-state index contributed by atoms with van der Waals surface area (Å²) in [6, 6.07) is 7.18. The van der Waals surface area contributed by atoms with Crippen LogP contribution < -0.4 is 5.32 Å². The van der Waals surface area contributed by atoms with E-state index in [1.165, 1.54) is 0 Å². The Hall–Kier alpha value is -1.62. The Morgan fingerprint density at radius 1 is 1.28 bits per heavy atom. The monoisotopic (exact) mass is 307 g/mol. The third-order valence-electron chi connectivity index (χ3n) is 2.56. The predicted octanol–water partition coefficient (Wildman–Crippen LogP) is 3.35. The van der Waals surface area contributed by atoms with Crippen LogP contribution in [0.1, 0.15) is 12.5 Å². The number of aromatic nitrogens is 2. The van der Waals surface area contributed by atoms with E-state index in [-0.39, 0.29) is 5.75 Å². The van der Waals surface area contributed by atoms with Crippen LogP contribution in [0.15, 0.2) is 28.7 Å². The van der Waals surface area contributed by atoms with Crippen LogP contribution in [0, 0.1) is 6.92 Å². The molecule has 1 aromatic heterocycles. The van der Waals surface area contributed by atoms with Gasteiger partial charge in [0.1, 0.15) is 11.6 Å². The highest BCUT2D eigenvalue weighted by Gasteiger charge is 2.10. The van der Waals surface area contributed by atoms with Gasteiger partial charge >= 0.3 is 0 Å². The number of halogens is 1. The number of phenols is 1. The molecule has 0 radical (unpaired) electrons. The maximum Gasteiger partial charge on any atom is 0.148 e. The Morgan fingerprint density at radius 3 is 2.72 bits per heavy atom. The van der Waals surface area contributed by atoms with Crippen LogP contribution in [0.25, 0.3) is 11.3 Å². The molecule has 1 heterocycles. The molecule has 0 amide bonds. The van der Waals surface area contributed by atoms with Crippen LogP contribution >= 0.6 is 15.9 Å². The lowest BCUT2D eigenvalue weighted by Crippen LogP contribution is -2.02. The van der Waals surface area contributed by atoms with Crippen molar-refractivity contribution >= 4 is 21.7 Å². The van der Waals surface area contributed by atoms with E-state index in [9.17, 15) is 5.11 Å². The fourth-order valence-corrected chi connectivity index (χ4v) is 2.08. The van der Waals surface area contributed by atoms with Gasteiger partial charge < -0.3 is 10.4 Å². The third kappa shape index (κ3) is 2.61. The minimum absolute atomic E-state index is 0.201. The smallest absolute Gasteiger partial charge is 0.148 e. The number of hydrogen-bond acceptors (Lipinski definition) is 4. The Balaban J connectivity index is 2.47.